The molecule has 0 atom stereocenters. The van der Waals surface area contributed by atoms with Crippen molar-refractivity contribution in [1.82, 2.24) is 4.90 Å². The zero-order valence-corrected chi connectivity index (χ0v) is 13.8. The monoisotopic (exact) mass is 311 g/mol. The van der Waals surface area contributed by atoms with E-state index in [1.54, 1.807) is 11.0 Å². The highest BCUT2D eigenvalue weighted by atomic mass is 16.6. The third-order valence-corrected chi connectivity index (χ3v) is 3.43. The summed E-state index contributed by atoms with van der Waals surface area (Å²) in [4.78, 5) is 16.0. The van der Waals surface area contributed by atoms with Crippen LogP contribution >= 0.6 is 0 Å². The zero-order chi connectivity index (χ0) is 16.9. The van der Waals surface area contributed by atoms with Gasteiger partial charge in [-0.3, -0.25) is 0 Å². The van der Waals surface area contributed by atoms with Crippen molar-refractivity contribution in [3.63, 3.8) is 0 Å². The molecule has 0 N–H and O–H groups in total. The Labute approximate surface area is 137 Å². The van der Waals surface area contributed by atoms with Crippen molar-refractivity contribution >= 4 is 11.8 Å². The fourth-order valence-electron chi connectivity index (χ4n) is 2.33. The first-order valence-corrected chi connectivity index (χ1v) is 7.62. The minimum atomic E-state index is -0.464. The minimum Gasteiger partial charge on any atom is -0.444 e. The molecule has 5 nitrogen and oxygen atoms in total. The predicted octanol–water partition coefficient (Wildman–Crippen LogP) is 2.62. The second-order valence-corrected chi connectivity index (χ2v) is 6.36. The first kappa shape index (κ1) is 16.7. The Morgan fingerprint density at radius 2 is 1.74 bits per heavy atom. The van der Waals surface area contributed by atoms with Crippen LogP contribution in [0.4, 0.5) is 10.5 Å². The molecule has 1 aromatic carbocycles. The SMILES string of the molecule is CC(C)(C)OC(=O)N1CCN(c2ccc(C#CC#N)cc2)CC1. The molecule has 23 heavy (non-hydrogen) atoms. The standard InChI is InChI=1S/C18H21N3O2/c1-18(2,3)23-17(22)21-13-11-20(12-14-21)16-8-6-15(7-9-16)5-4-10-19/h6-9H,11-14H2,1-3H3. The number of carbonyl (C=O) groups excluding carboxylic acids is 1. The first-order chi connectivity index (χ1) is 10.9. The number of carbonyl (C=O) groups is 1. The van der Waals surface area contributed by atoms with Crippen molar-refractivity contribution in [1.29, 1.82) is 5.26 Å². The molecular weight excluding hydrogens is 290 g/mol. The number of piperazine rings is 1. The number of rotatable bonds is 1. The first-order valence-electron chi connectivity index (χ1n) is 7.62. The van der Waals surface area contributed by atoms with Gasteiger partial charge in [-0.15, -0.1) is 0 Å². The summed E-state index contributed by atoms with van der Waals surface area (Å²) in [6.45, 7) is 8.44. The number of amides is 1. The van der Waals surface area contributed by atoms with E-state index < -0.39 is 5.60 Å². The van der Waals surface area contributed by atoms with E-state index in [0.29, 0.717) is 13.1 Å². The molecule has 5 heteroatoms. The smallest absolute Gasteiger partial charge is 0.410 e. The number of benzene rings is 1. The topological polar surface area (TPSA) is 56.6 Å². The normalized spacial score (nSPS) is 14.5. The predicted molar refractivity (Wildman–Crippen MR) is 89.0 cm³/mol. The molecule has 0 aromatic heterocycles. The largest absolute Gasteiger partial charge is 0.444 e. The van der Waals surface area contributed by atoms with Gasteiger partial charge in [-0.25, -0.2) is 4.79 Å². The number of hydrogen-bond donors (Lipinski definition) is 0. The van der Waals surface area contributed by atoms with E-state index in [9.17, 15) is 4.79 Å². The molecule has 1 amide bonds. The summed E-state index contributed by atoms with van der Waals surface area (Å²) in [6, 6.07) is 9.59. The van der Waals surface area contributed by atoms with Gasteiger partial charge in [0.1, 0.15) is 5.60 Å². The molecule has 1 fully saturated rings. The lowest BCUT2D eigenvalue weighted by Crippen LogP contribution is -2.50. The van der Waals surface area contributed by atoms with Crippen molar-refractivity contribution in [3.8, 4) is 17.9 Å². The number of hydrogen-bond acceptors (Lipinski definition) is 4. The Morgan fingerprint density at radius 1 is 1.13 bits per heavy atom. The molecular formula is C18H21N3O2. The van der Waals surface area contributed by atoms with Crippen LogP contribution in [-0.4, -0.2) is 42.8 Å². The fraction of sp³-hybridized carbons (Fsp3) is 0.444. The molecule has 0 spiro atoms. The van der Waals surface area contributed by atoms with Gasteiger partial charge in [0.05, 0.1) is 0 Å². The van der Waals surface area contributed by atoms with Crippen LogP contribution in [0.5, 0.6) is 0 Å². The van der Waals surface area contributed by atoms with Gasteiger partial charge in [0.15, 0.2) is 6.07 Å². The second-order valence-electron chi connectivity index (χ2n) is 6.36. The van der Waals surface area contributed by atoms with Gasteiger partial charge in [0.2, 0.25) is 0 Å². The van der Waals surface area contributed by atoms with Crippen LogP contribution in [0.15, 0.2) is 24.3 Å². The van der Waals surface area contributed by atoms with Crippen molar-refractivity contribution in [2.75, 3.05) is 31.1 Å². The van der Waals surface area contributed by atoms with Crippen LogP contribution in [0.25, 0.3) is 0 Å². The average molecular weight is 311 g/mol. The van der Waals surface area contributed by atoms with Gasteiger partial charge in [0.25, 0.3) is 0 Å². The van der Waals surface area contributed by atoms with E-state index in [-0.39, 0.29) is 6.09 Å². The Kier molecular flexibility index (Phi) is 5.13. The van der Waals surface area contributed by atoms with E-state index in [0.717, 1.165) is 24.3 Å². The summed E-state index contributed by atoms with van der Waals surface area (Å²) in [5, 5.41) is 8.45. The van der Waals surface area contributed by atoms with Crippen LogP contribution in [0.2, 0.25) is 0 Å². The number of anilines is 1. The highest BCUT2D eigenvalue weighted by molar-refractivity contribution is 5.68. The maximum absolute atomic E-state index is 12.0. The molecule has 0 aliphatic carbocycles. The van der Waals surface area contributed by atoms with E-state index >= 15 is 0 Å². The third-order valence-electron chi connectivity index (χ3n) is 3.43. The molecule has 1 aliphatic heterocycles. The lowest BCUT2D eigenvalue weighted by molar-refractivity contribution is 0.0240. The molecule has 1 saturated heterocycles. The summed E-state index contributed by atoms with van der Waals surface area (Å²) >= 11 is 0. The number of nitriles is 1. The van der Waals surface area contributed by atoms with Crippen molar-refractivity contribution in [2.24, 2.45) is 0 Å². The van der Waals surface area contributed by atoms with E-state index in [1.807, 2.05) is 45.0 Å². The summed E-state index contributed by atoms with van der Waals surface area (Å²) in [6.07, 6.45) is -0.251. The quantitative estimate of drug-likeness (QED) is 0.748. The molecule has 2 rings (SSSR count). The van der Waals surface area contributed by atoms with Crippen molar-refractivity contribution in [2.45, 2.75) is 26.4 Å². The van der Waals surface area contributed by atoms with E-state index in [4.69, 9.17) is 10.00 Å². The molecule has 1 heterocycles. The van der Waals surface area contributed by atoms with Gasteiger partial charge in [0, 0.05) is 43.4 Å². The molecule has 1 aromatic rings. The maximum atomic E-state index is 12.0. The summed E-state index contributed by atoms with van der Waals surface area (Å²) < 4.78 is 5.40. The average Bonchev–Trinajstić information content (AvgIpc) is 2.52. The zero-order valence-electron chi connectivity index (χ0n) is 13.8. The lowest BCUT2D eigenvalue weighted by atomic mass is 10.2. The molecule has 0 unspecified atom stereocenters. The summed E-state index contributed by atoms with van der Waals surface area (Å²) in [5.41, 5.74) is 1.45. The Morgan fingerprint density at radius 3 is 2.26 bits per heavy atom. The minimum absolute atomic E-state index is 0.251. The highest BCUT2D eigenvalue weighted by Crippen LogP contribution is 2.18. The van der Waals surface area contributed by atoms with Crippen LogP contribution in [0, 0.1) is 23.2 Å². The van der Waals surface area contributed by atoms with Gasteiger partial charge in [-0.1, -0.05) is 5.92 Å². The molecule has 1 aliphatic rings. The number of nitrogens with zero attached hydrogens (tertiary/aromatic N) is 3. The fourth-order valence-corrected chi connectivity index (χ4v) is 2.33. The second kappa shape index (κ2) is 7.07. The van der Waals surface area contributed by atoms with Crippen molar-refractivity contribution < 1.29 is 9.53 Å². The number of ether oxygens (including phenoxy) is 1. The highest BCUT2D eigenvalue weighted by Gasteiger charge is 2.25. The summed E-state index contributed by atoms with van der Waals surface area (Å²) in [5.74, 6) is 5.15. The molecule has 0 saturated carbocycles. The third kappa shape index (κ3) is 4.93. The van der Waals surface area contributed by atoms with Crippen LogP contribution in [0.3, 0.4) is 0 Å². The van der Waals surface area contributed by atoms with E-state index in [1.165, 1.54) is 0 Å². The summed E-state index contributed by atoms with van der Waals surface area (Å²) in [7, 11) is 0. The molecule has 0 radical (unpaired) electrons. The Hall–Kier alpha value is -2.66. The van der Waals surface area contributed by atoms with Gasteiger partial charge < -0.3 is 14.5 Å². The van der Waals surface area contributed by atoms with E-state index in [2.05, 4.69) is 16.7 Å². The Bertz CT molecular complexity index is 649. The van der Waals surface area contributed by atoms with Gasteiger partial charge in [-0.05, 0) is 45.0 Å². The van der Waals surface area contributed by atoms with Crippen LogP contribution < -0.4 is 4.90 Å². The molecule has 120 valence electrons. The van der Waals surface area contributed by atoms with Crippen LogP contribution in [0.1, 0.15) is 26.3 Å². The lowest BCUT2D eigenvalue weighted by Gasteiger charge is -2.36. The van der Waals surface area contributed by atoms with Crippen molar-refractivity contribution in [3.05, 3.63) is 29.8 Å². The van der Waals surface area contributed by atoms with Gasteiger partial charge >= 0.3 is 6.09 Å². The van der Waals surface area contributed by atoms with Gasteiger partial charge in [-0.2, -0.15) is 5.26 Å². The maximum Gasteiger partial charge on any atom is 0.410 e. The van der Waals surface area contributed by atoms with Crippen LogP contribution in [-0.2, 0) is 4.74 Å². The Balaban J connectivity index is 1.92. The molecule has 0 bridgehead atoms.